The van der Waals surface area contributed by atoms with Crippen molar-refractivity contribution >= 4 is 11.3 Å². The van der Waals surface area contributed by atoms with E-state index in [-0.39, 0.29) is 5.69 Å². The summed E-state index contributed by atoms with van der Waals surface area (Å²) in [5.41, 5.74) is 1.28. The smallest absolute Gasteiger partial charge is 0.301 e. The second-order valence-electron chi connectivity index (χ2n) is 2.82. The monoisotopic (exact) mass is 177 g/mol. The molecule has 2 aromatic rings. The Hall–Kier alpha value is -1.91. The van der Waals surface area contributed by atoms with Crippen molar-refractivity contribution in [3.8, 4) is 0 Å². The number of hydrogen-bond acceptors (Lipinski definition) is 3. The van der Waals surface area contributed by atoms with Crippen LogP contribution in [0.2, 0.25) is 0 Å². The van der Waals surface area contributed by atoms with E-state index in [4.69, 9.17) is 0 Å². The van der Waals surface area contributed by atoms with Crippen LogP contribution < -0.4 is 0 Å². The molecule has 2 rings (SSSR count). The number of imidazole rings is 1. The molecule has 0 saturated heterocycles. The molecule has 0 aliphatic rings. The minimum atomic E-state index is -0.421. The molecule has 0 aliphatic carbocycles. The Morgan fingerprint density at radius 1 is 1.62 bits per heavy atom. The van der Waals surface area contributed by atoms with Crippen molar-refractivity contribution in [2.45, 2.75) is 6.92 Å². The van der Waals surface area contributed by atoms with Crippen LogP contribution in [0.5, 0.6) is 0 Å². The zero-order valence-corrected chi connectivity index (χ0v) is 6.97. The predicted molar refractivity (Wildman–Crippen MR) is 46.6 cm³/mol. The quantitative estimate of drug-likeness (QED) is 0.490. The molecule has 0 spiro atoms. The average Bonchev–Trinajstić information content (AvgIpc) is 2.49. The van der Waals surface area contributed by atoms with E-state index in [1.165, 1.54) is 6.07 Å². The Morgan fingerprint density at radius 2 is 2.38 bits per heavy atom. The molecule has 5 nitrogen and oxygen atoms in total. The van der Waals surface area contributed by atoms with E-state index in [0.29, 0.717) is 5.65 Å². The highest BCUT2D eigenvalue weighted by atomic mass is 16.6. The summed E-state index contributed by atoms with van der Waals surface area (Å²) in [6.45, 7) is 1.81. The maximum absolute atomic E-state index is 10.6. The molecule has 0 fully saturated rings. The van der Waals surface area contributed by atoms with Gasteiger partial charge in [0.05, 0.1) is 4.92 Å². The maximum Gasteiger partial charge on any atom is 0.312 e. The first kappa shape index (κ1) is 7.72. The normalized spacial score (nSPS) is 10.5. The van der Waals surface area contributed by atoms with Crippen LogP contribution in [0.1, 0.15) is 5.56 Å². The van der Waals surface area contributed by atoms with E-state index >= 15 is 0 Å². The third-order valence-electron chi connectivity index (χ3n) is 1.80. The van der Waals surface area contributed by atoms with Crippen LogP contribution in [0.4, 0.5) is 5.69 Å². The summed E-state index contributed by atoms with van der Waals surface area (Å²) in [5, 5.41) is 10.6. The highest BCUT2D eigenvalue weighted by Gasteiger charge is 2.13. The van der Waals surface area contributed by atoms with Gasteiger partial charge in [-0.15, -0.1) is 0 Å². The average molecular weight is 177 g/mol. The van der Waals surface area contributed by atoms with Gasteiger partial charge in [-0.2, -0.15) is 0 Å². The number of pyridine rings is 1. The Balaban J connectivity index is 2.84. The molecule has 13 heavy (non-hydrogen) atoms. The summed E-state index contributed by atoms with van der Waals surface area (Å²) in [6.07, 6.45) is 5.03. The standard InChI is InChI=1S/C8H7N3O2/c1-6-4-7(11(12)13)8-9-2-3-10(8)5-6/h2-5H,1H3. The van der Waals surface area contributed by atoms with Crippen LogP contribution >= 0.6 is 0 Å². The van der Waals surface area contributed by atoms with Gasteiger partial charge >= 0.3 is 5.69 Å². The topological polar surface area (TPSA) is 60.4 Å². The van der Waals surface area contributed by atoms with Gasteiger partial charge < -0.3 is 4.40 Å². The number of aromatic nitrogens is 2. The number of aryl methyl sites for hydroxylation is 1. The molecule has 0 radical (unpaired) electrons. The predicted octanol–water partition coefficient (Wildman–Crippen LogP) is 1.55. The lowest BCUT2D eigenvalue weighted by molar-refractivity contribution is -0.383. The lowest BCUT2D eigenvalue weighted by atomic mass is 10.3. The van der Waals surface area contributed by atoms with Crippen molar-refractivity contribution in [1.82, 2.24) is 9.38 Å². The van der Waals surface area contributed by atoms with Crippen LogP contribution in [-0.2, 0) is 0 Å². The van der Waals surface area contributed by atoms with Gasteiger partial charge in [0.25, 0.3) is 0 Å². The number of rotatable bonds is 1. The Bertz CT molecular complexity index is 475. The zero-order valence-electron chi connectivity index (χ0n) is 6.97. The van der Waals surface area contributed by atoms with Crippen LogP contribution in [0.25, 0.3) is 5.65 Å². The van der Waals surface area contributed by atoms with E-state index in [1.54, 1.807) is 23.0 Å². The van der Waals surface area contributed by atoms with E-state index in [1.807, 2.05) is 6.92 Å². The Morgan fingerprint density at radius 3 is 3.08 bits per heavy atom. The fraction of sp³-hybridized carbons (Fsp3) is 0.125. The summed E-state index contributed by atoms with van der Waals surface area (Å²) in [7, 11) is 0. The first-order chi connectivity index (χ1) is 6.18. The largest absolute Gasteiger partial charge is 0.312 e. The lowest BCUT2D eigenvalue weighted by Gasteiger charge is -1.97. The Labute approximate surface area is 73.8 Å². The van der Waals surface area contributed by atoms with Gasteiger partial charge in [0, 0.05) is 24.7 Å². The molecule has 66 valence electrons. The van der Waals surface area contributed by atoms with Crippen LogP contribution in [-0.4, -0.2) is 14.3 Å². The number of nitro groups is 1. The lowest BCUT2D eigenvalue weighted by Crippen LogP contribution is -1.94. The van der Waals surface area contributed by atoms with Gasteiger partial charge in [-0.05, 0) is 12.5 Å². The summed E-state index contributed by atoms with van der Waals surface area (Å²) >= 11 is 0. The molecule has 0 aromatic carbocycles. The van der Waals surface area contributed by atoms with Crippen molar-refractivity contribution in [3.05, 3.63) is 40.3 Å². The minimum Gasteiger partial charge on any atom is -0.301 e. The molecule has 0 aliphatic heterocycles. The van der Waals surface area contributed by atoms with Crippen LogP contribution in [0, 0.1) is 17.0 Å². The molecule has 2 aromatic heterocycles. The summed E-state index contributed by atoms with van der Waals surface area (Å²) in [5.74, 6) is 0. The highest BCUT2D eigenvalue weighted by molar-refractivity contribution is 5.60. The van der Waals surface area contributed by atoms with Gasteiger partial charge in [-0.1, -0.05) is 0 Å². The second kappa shape index (κ2) is 2.55. The molecular formula is C8H7N3O2. The van der Waals surface area contributed by atoms with E-state index in [9.17, 15) is 10.1 Å². The third-order valence-corrected chi connectivity index (χ3v) is 1.80. The van der Waals surface area contributed by atoms with E-state index in [0.717, 1.165) is 5.56 Å². The van der Waals surface area contributed by atoms with E-state index < -0.39 is 4.92 Å². The number of nitrogens with zero attached hydrogens (tertiary/aromatic N) is 3. The summed E-state index contributed by atoms with van der Waals surface area (Å²) in [6, 6.07) is 1.52. The molecule has 0 bridgehead atoms. The van der Waals surface area contributed by atoms with Crippen molar-refractivity contribution in [3.63, 3.8) is 0 Å². The maximum atomic E-state index is 10.6. The van der Waals surface area contributed by atoms with Gasteiger partial charge in [-0.3, -0.25) is 10.1 Å². The Kier molecular flexibility index (Phi) is 1.51. The van der Waals surface area contributed by atoms with Crippen molar-refractivity contribution < 1.29 is 4.92 Å². The summed E-state index contributed by atoms with van der Waals surface area (Å²) in [4.78, 5) is 14.1. The molecule has 0 atom stereocenters. The highest BCUT2D eigenvalue weighted by Crippen LogP contribution is 2.19. The minimum absolute atomic E-state index is 0.0463. The fourth-order valence-corrected chi connectivity index (χ4v) is 1.29. The van der Waals surface area contributed by atoms with Crippen LogP contribution in [0.15, 0.2) is 24.7 Å². The van der Waals surface area contributed by atoms with Gasteiger partial charge in [0.1, 0.15) is 0 Å². The van der Waals surface area contributed by atoms with Crippen molar-refractivity contribution in [2.75, 3.05) is 0 Å². The summed E-state index contributed by atoms with van der Waals surface area (Å²) < 4.78 is 1.65. The fourth-order valence-electron chi connectivity index (χ4n) is 1.29. The van der Waals surface area contributed by atoms with Crippen molar-refractivity contribution in [1.29, 1.82) is 0 Å². The molecule has 0 amide bonds. The first-order valence-electron chi connectivity index (χ1n) is 3.76. The third kappa shape index (κ3) is 1.14. The zero-order chi connectivity index (χ0) is 9.42. The molecule has 0 saturated carbocycles. The number of hydrogen-bond donors (Lipinski definition) is 0. The van der Waals surface area contributed by atoms with Crippen LogP contribution in [0.3, 0.4) is 0 Å². The molecular weight excluding hydrogens is 170 g/mol. The van der Waals surface area contributed by atoms with Crippen molar-refractivity contribution in [2.24, 2.45) is 0 Å². The van der Waals surface area contributed by atoms with Gasteiger partial charge in [0.15, 0.2) is 0 Å². The van der Waals surface area contributed by atoms with Gasteiger partial charge in [0.2, 0.25) is 5.65 Å². The molecule has 0 unspecified atom stereocenters. The SMILES string of the molecule is Cc1cc([N+](=O)[O-])c2nccn2c1. The van der Waals surface area contributed by atoms with Gasteiger partial charge in [-0.25, -0.2) is 4.98 Å². The molecule has 0 N–H and O–H groups in total. The molecule has 5 heteroatoms. The van der Waals surface area contributed by atoms with E-state index in [2.05, 4.69) is 4.98 Å². The first-order valence-corrected chi connectivity index (χ1v) is 3.76. The molecule has 2 heterocycles. The number of fused-ring (bicyclic) bond motifs is 1. The second-order valence-corrected chi connectivity index (χ2v) is 2.82.